The lowest BCUT2D eigenvalue weighted by Gasteiger charge is -2.29. The molecule has 108 valence electrons. The summed E-state index contributed by atoms with van der Waals surface area (Å²) in [6, 6.07) is 3.78. The number of rotatable bonds is 3. The summed E-state index contributed by atoms with van der Waals surface area (Å²) in [6.07, 6.45) is 4.33. The number of nitro groups is 1. The predicted molar refractivity (Wildman–Crippen MR) is 73.6 cm³/mol. The molecule has 20 heavy (non-hydrogen) atoms. The number of carbonyl (C=O) groups is 1. The second-order valence-electron chi connectivity index (χ2n) is 5.30. The summed E-state index contributed by atoms with van der Waals surface area (Å²) in [5.74, 6) is -0.354. The van der Waals surface area contributed by atoms with Gasteiger partial charge in [0.05, 0.1) is 4.92 Å². The second-order valence-corrected chi connectivity index (χ2v) is 5.30. The summed E-state index contributed by atoms with van der Waals surface area (Å²) in [4.78, 5) is 22.0. The van der Waals surface area contributed by atoms with E-state index < -0.39 is 16.4 Å². The number of amides is 1. The molecule has 1 aromatic rings. The first-order chi connectivity index (χ1) is 9.49. The highest BCUT2D eigenvalue weighted by molar-refractivity contribution is 5.95. The molecule has 1 aliphatic carbocycles. The number of carbonyl (C=O) groups excluding carboxylic acids is 1. The molecule has 2 rings (SSSR count). The Kier molecular flexibility index (Phi) is 4.22. The maximum absolute atomic E-state index is 12.1. The van der Waals surface area contributed by atoms with Crippen molar-refractivity contribution in [2.24, 2.45) is 5.92 Å². The van der Waals surface area contributed by atoms with Gasteiger partial charge in [0.2, 0.25) is 0 Å². The topological polar surface area (TPSA) is 92.5 Å². The molecule has 1 amide bonds. The quantitative estimate of drug-likeness (QED) is 0.656. The Labute approximate surface area is 117 Å². The second kappa shape index (κ2) is 5.90. The molecule has 0 spiro atoms. The summed E-state index contributed by atoms with van der Waals surface area (Å²) in [5.41, 5.74) is -0.154. The molecule has 0 radical (unpaired) electrons. The Morgan fingerprint density at radius 2 is 2.10 bits per heavy atom. The minimum Gasteiger partial charge on any atom is -0.502 e. The molecule has 2 unspecified atom stereocenters. The van der Waals surface area contributed by atoms with Crippen molar-refractivity contribution in [3.05, 3.63) is 33.9 Å². The zero-order valence-corrected chi connectivity index (χ0v) is 11.3. The van der Waals surface area contributed by atoms with Crippen LogP contribution in [-0.4, -0.2) is 22.0 Å². The van der Waals surface area contributed by atoms with Crippen LogP contribution in [0.3, 0.4) is 0 Å². The highest BCUT2D eigenvalue weighted by Gasteiger charge is 2.24. The van der Waals surface area contributed by atoms with E-state index in [1.807, 2.05) is 0 Å². The molecule has 6 heteroatoms. The van der Waals surface area contributed by atoms with Gasteiger partial charge in [-0.25, -0.2) is 0 Å². The van der Waals surface area contributed by atoms with E-state index in [0.29, 0.717) is 5.92 Å². The van der Waals surface area contributed by atoms with E-state index in [9.17, 15) is 20.0 Å². The van der Waals surface area contributed by atoms with E-state index in [2.05, 4.69) is 12.2 Å². The van der Waals surface area contributed by atoms with Gasteiger partial charge in [-0.1, -0.05) is 19.8 Å². The minimum atomic E-state index is -0.680. The SMILES string of the molecule is CC1CCCCC1NC(=O)c1ccc([N+](=O)[O-])c(O)c1. The number of nitrogens with zero attached hydrogens (tertiary/aromatic N) is 1. The van der Waals surface area contributed by atoms with E-state index in [1.165, 1.54) is 12.5 Å². The van der Waals surface area contributed by atoms with Crippen LogP contribution in [0.15, 0.2) is 18.2 Å². The van der Waals surface area contributed by atoms with Gasteiger partial charge >= 0.3 is 5.69 Å². The first kappa shape index (κ1) is 14.3. The van der Waals surface area contributed by atoms with Crippen LogP contribution in [0.1, 0.15) is 43.0 Å². The monoisotopic (exact) mass is 278 g/mol. The third-order valence-electron chi connectivity index (χ3n) is 3.86. The Morgan fingerprint density at radius 1 is 1.40 bits per heavy atom. The van der Waals surface area contributed by atoms with Gasteiger partial charge < -0.3 is 10.4 Å². The number of nitro benzene ring substituents is 1. The highest BCUT2D eigenvalue weighted by Crippen LogP contribution is 2.27. The van der Waals surface area contributed by atoms with Gasteiger partial charge in [0.25, 0.3) is 5.91 Å². The van der Waals surface area contributed by atoms with Crippen molar-refractivity contribution in [1.82, 2.24) is 5.32 Å². The molecule has 1 fully saturated rings. The Balaban J connectivity index is 2.09. The number of nitrogens with one attached hydrogen (secondary N) is 1. The van der Waals surface area contributed by atoms with Crippen molar-refractivity contribution >= 4 is 11.6 Å². The Morgan fingerprint density at radius 3 is 2.70 bits per heavy atom. The molecule has 1 aliphatic rings. The molecule has 2 atom stereocenters. The number of benzene rings is 1. The summed E-state index contributed by atoms with van der Waals surface area (Å²) < 4.78 is 0. The zero-order valence-electron chi connectivity index (χ0n) is 11.3. The Hall–Kier alpha value is -2.11. The van der Waals surface area contributed by atoms with Crippen molar-refractivity contribution in [2.45, 2.75) is 38.6 Å². The van der Waals surface area contributed by atoms with Crippen LogP contribution in [0.2, 0.25) is 0 Å². The fourth-order valence-corrected chi connectivity index (χ4v) is 2.60. The first-order valence-electron chi connectivity index (χ1n) is 6.77. The van der Waals surface area contributed by atoms with Crippen molar-refractivity contribution in [2.75, 3.05) is 0 Å². The van der Waals surface area contributed by atoms with Gasteiger partial charge in [0, 0.05) is 17.7 Å². The maximum Gasteiger partial charge on any atom is 0.310 e. The van der Waals surface area contributed by atoms with Crippen LogP contribution in [-0.2, 0) is 0 Å². The number of phenols is 1. The first-order valence-corrected chi connectivity index (χ1v) is 6.77. The largest absolute Gasteiger partial charge is 0.502 e. The summed E-state index contributed by atoms with van der Waals surface area (Å²) in [6.45, 7) is 2.11. The van der Waals surface area contributed by atoms with E-state index >= 15 is 0 Å². The van der Waals surface area contributed by atoms with Gasteiger partial charge in [-0.2, -0.15) is 0 Å². The standard InChI is InChI=1S/C14H18N2O4/c1-9-4-2-3-5-11(9)15-14(18)10-6-7-12(16(19)20)13(17)8-10/h6-9,11,17H,2-5H2,1H3,(H,15,18). The minimum absolute atomic E-state index is 0.133. The molecule has 0 bridgehead atoms. The van der Waals surface area contributed by atoms with Gasteiger partial charge in [-0.3, -0.25) is 14.9 Å². The van der Waals surface area contributed by atoms with Crippen LogP contribution < -0.4 is 5.32 Å². The molecule has 6 nitrogen and oxygen atoms in total. The smallest absolute Gasteiger partial charge is 0.310 e. The molecule has 0 aliphatic heterocycles. The number of phenolic OH excluding ortho intramolecular Hbond substituents is 1. The van der Waals surface area contributed by atoms with Crippen molar-refractivity contribution in [1.29, 1.82) is 0 Å². The van der Waals surface area contributed by atoms with Crippen molar-refractivity contribution in [3.63, 3.8) is 0 Å². The normalized spacial score (nSPS) is 22.2. The Bertz CT molecular complexity index is 530. The summed E-state index contributed by atoms with van der Waals surface area (Å²) in [5, 5.41) is 23.1. The van der Waals surface area contributed by atoms with Crippen LogP contribution in [0.5, 0.6) is 5.75 Å². The summed E-state index contributed by atoms with van der Waals surface area (Å²) >= 11 is 0. The maximum atomic E-state index is 12.1. The lowest BCUT2D eigenvalue weighted by molar-refractivity contribution is -0.385. The number of hydrogen-bond donors (Lipinski definition) is 2. The zero-order chi connectivity index (χ0) is 14.7. The van der Waals surface area contributed by atoms with Crippen LogP contribution >= 0.6 is 0 Å². The van der Waals surface area contributed by atoms with Gasteiger partial charge in [0.15, 0.2) is 5.75 Å². The van der Waals surface area contributed by atoms with Gasteiger partial charge in [-0.15, -0.1) is 0 Å². The average molecular weight is 278 g/mol. The van der Waals surface area contributed by atoms with Gasteiger partial charge in [0.1, 0.15) is 0 Å². The number of hydrogen-bond acceptors (Lipinski definition) is 4. The fourth-order valence-electron chi connectivity index (χ4n) is 2.60. The molecule has 1 saturated carbocycles. The van der Waals surface area contributed by atoms with E-state index in [4.69, 9.17) is 0 Å². The van der Waals surface area contributed by atoms with Crippen LogP contribution in [0.4, 0.5) is 5.69 Å². The molecule has 1 aromatic carbocycles. The fraction of sp³-hybridized carbons (Fsp3) is 0.500. The van der Waals surface area contributed by atoms with E-state index in [0.717, 1.165) is 31.4 Å². The van der Waals surface area contributed by atoms with Crippen LogP contribution in [0.25, 0.3) is 0 Å². The average Bonchev–Trinajstić information content (AvgIpc) is 2.40. The lowest BCUT2D eigenvalue weighted by Crippen LogP contribution is -2.41. The molecule has 0 saturated heterocycles. The summed E-state index contributed by atoms with van der Waals surface area (Å²) in [7, 11) is 0. The third-order valence-corrected chi connectivity index (χ3v) is 3.86. The lowest BCUT2D eigenvalue weighted by atomic mass is 9.86. The van der Waals surface area contributed by atoms with Crippen LogP contribution in [0, 0.1) is 16.0 Å². The molecule has 2 N–H and O–H groups in total. The molecule has 0 aromatic heterocycles. The van der Waals surface area contributed by atoms with Gasteiger partial charge in [-0.05, 0) is 30.9 Å². The van der Waals surface area contributed by atoms with Crippen molar-refractivity contribution in [3.8, 4) is 5.75 Å². The molecule has 0 heterocycles. The highest BCUT2D eigenvalue weighted by atomic mass is 16.6. The molecular formula is C14H18N2O4. The van der Waals surface area contributed by atoms with E-state index in [-0.39, 0.29) is 17.5 Å². The predicted octanol–water partition coefficient (Wildman–Crippen LogP) is 2.61. The van der Waals surface area contributed by atoms with E-state index in [1.54, 1.807) is 0 Å². The third kappa shape index (κ3) is 3.07. The number of aromatic hydroxyl groups is 1. The molecular weight excluding hydrogens is 260 g/mol. The van der Waals surface area contributed by atoms with Crippen molar-refractivity contribution < 1.29 is 14.8 Å².